The number of aliphatic carboxylic acids is 1. The van der Waals surface area contributed by atoms with Crippen LogP contribution in [0.3, 0.4) is 0 Å². The monoisotopic (exact) mass is 500 g/mol. The zero-order valence-electron chi connectivity index (χ0n) is 17.5. The standard InChI is InChI=1S/C23H17ClN2O5S2/c1-30-19-7-4-13(9-16(19)24)22(27)15(11-14-5-8-20(31-2)32-14)21(23(28)29)12-3-6-17-18(10-12)26-33-25-17/h3-10H,11H2,1-2H3,(H,28,29). The summed E-state index contributed by atoms with van der Waals surface area (Å²) in [5.74, 6) is -1.24. The SMILES string of the molecule is COc1ccc(CC(C(=O)c2ccc(OC)c(Cl)c2)=C(C(=O)O)c2ccc3nsnc3c2)s1. The topological polar surface area (TPSA) is 98.6 Å². The first-order chi connectivity index (χ1) is 15.9. The minimum absolute atomic E-state index is 0.103. The predicted molar refractivity (Wildman–Crippen MR) is 129 cm³/mol. The van der Waals surface area contributed by atoms with Crippen LogP contribution in [0.1, 0.15) is 20.8 Å². The summed E-state index contributed by atoms with van der Waals surface area (Å²) < 4.78 is 18.8. The van der Waals surface area contributed by atoms with Crippen LogP contribution in [0.5, 0.6) is 10.8 Å². The van der Waals surface area contributed by atoms with Crippen molar-refractivity contribution in [3.8, 4) is 10.8 Å². The molecule has 0 spiro atoms. The Morgan fingerprint density at radius 2 is 1.73 bits per heavy atom. The number of carboxylic acids is 1. The van der Waals surface area contributed by atoms with E-state index in [9.17, 15) is 14.7 Å². The van der Waals surface area contributed by atoms with Gasteiger partial charge in [-0.3, -0.25) is 4.79 Å². The molecule has 33 heavy (non-hydrogen) atoms. The molecule has 0 aliphatic heterocycles. The number of benzene rings is 2. The zero-order chi connectivity index (χ0) is 23.5. The highest BCUT2D eigenvalue weighted by Crippen LogP contribution is 2.33. The second-order valence-corrected chi connectivity index (χ2v) is 8.97. The molecule has 0 amide bonds. The molecule has 0 aliphatic rings. The summed E-state index contributed by atoms with van der Waals surface area (Å²) in [6.07, 6.45) is 0.103. The van der Waals surface area contributed by atoms with E-state index in [2.05, 4.69) is 8.75 Å². The molecule has 0 atom stereocenters. The fourth-order valence-electron chi connectivity index (χ4n) is 3.37. The fraction of sp³-hybridized carbons (Fsp3) is 0.130. The van der Waals surface area contributed by atoms with Gasteiger partial charge in [0.25, 0.3) is 0 Å². The quantitative estimate of drug-likeness (QED) is 0.256. The number of carboxylic acid groups (broad SMARTS) is 1. The van der Waals surface area contributed by atoms with Crippen LogP contribution in [0.4, 0.5) is 0 Å². The first-order valence-corrected chi connectivity index (χ1v) is 11.5. The number of methoxy groups -OCH3 is 2. The summed E-state index contributed by atoms with van der Waals surface area (Å²) in [5, 5.41) is 11.1. The molecule has 4 aromatic rings. The highest BCUT2D eigenvalue weighted by molar-refractivity contribution is 7.13. The summed E-state index contributed by atoms with van der Waals surface area (Å²) in [7, 11) is 3.03. The van der Waals surface area contributed by atoms with Gasteiger partial charge in [0.1, 0.15) is 16.8 Å². The normalized spacial score (nSPS) is 11.8. The Morgan fingerprint density at radius 3 is 2.39 bits per heavy atom. The number of ether oxygens (including phenoxy) is 2. The van der Waals surface area contributed by atoms with Crippen LogP contribution in [0, 0.1) is 0 Å². The van der Waals surface area contributed by atoms with Crippen LogP contribution in [0.15, 0.2) is 54.1 Å². The van der Waals surface area contributed by atoms with Gasteiger partial charge in [0, 0.05) is 22.4 Å². The van der Waals surface area contributed by atoms with Gasteiger partial charge >= 0.3 is 5.97 Å². The predicted octanol–water partition coefficient (Wildman–Crippen LogP) is 5.39. The van der Waals surface area contributed by atoms with Gasteiger partial charge in [-0.1, -0.05) is 17.7 Å². The number of rotatable bonds is 8. The molecule has 1 N–H and O–H groups in total. The van der Waals surface area contributed by atoms with Gasteiger partial charge in [0.15, 0.2) is 10.8 Å². The number of carbonyl (C=O) groups is 2. The van der Waals surface area contributed by atoms with Crippen LogP contribution < -0.4 is 9.47 Å². The number of ketones is 1. The summed E-state index contributed by atoms with van der Waals surface area (Å²) in [6, 6.07) is 13.2. The van der Waals surface area contributed by atoms with E-state index in [1.54, 1.807) is 43.5 Å². The average molecular weight is 501 g/mol. The zero-order valence-corrected chi connectivity index (χ0v) is 19.9. The number of hydrogen-bond acceptors (Lipinski definition) is 8. The van der Waals surface area contributed by atoms with Gasteiger partial charge in [-0.2, -0.15) is 8.75 Å². The molecule has 0 fully saturated rings. The highest BCUT2D eigenvalue weighted by atomic mass is 35.5. The third-order valence-electron chi connectivity index (χ3n) is 4.94. The Labute approximate surface area is 202 Å². The molecular weight excluding hydrogens is 484 g/mol. The van der Waals surface area contributed by atoms with Crippen LogP contribution in [-0.4, -0.2) is 39.8 Å². The maximum absolute atomic E-state index is 13.6. The maximum atomic E-state index is 13.6. The van der Waals surface area contributed by atoms with E-state index in [4.69, 9.17) is 21.1 Å². The van der Waals surface area contributed by atoms with Gasteiger partial charge in [0.05, 0.1) is 36.5 Å². The number of Topliss-reactive ketones (excluding diaryl/α,β-unsaturated/α-hetero) is 1. The number of hydrogen-bond donors (Lipinski definition) is 1. The fourth-order valence-corrected chi connectivity index (χ4v) is 4.97. The Morgan fingerprint density at radius 1 is 0.970 bits per heavy atom. The number of allylic oxidation sites excluding steroid dienone is 1. The number of carbonyl (C=O) groups excluding carboxylic acids is 1. The van der Waals surface area contributed by atoms with E-state index >= 15 is 0 Å². The smallest absolute Gasteiger partial charge is 0.336 e. The third kappa shape index (κ3) is 4.75. The van der Waals surface area contributed by atoms with Gasteiger partial charge in [-0.25, -0.2) is 4.79 Å². The Bertz CT molecular complexity index is 1390. The second-order valence-electron chi connectivity index (χ2n) is 6.91. The molecule has 2 heterocycles. The lowest BCUT2D eigenvalue weighted by molar-refractivity contribution is -0.130. The molecule has 7 nitrogen and oxygen atoms in total. The number of nitrogens with zero attached hydrogens (tertiary/aromatic N) is 2. The van der Waals surface area contributed by atoms with Gasteiger partial charge in [-0.15, -0.1) is 11.3 Å². The van der Waals surface area contributed by atoms with Crippen molar-refractivity contribution in [3.05, 3.63) is 75.1 Å². The molecule has 0 aliphatic carbocycles. The van der Waals surface area contributed by atoms with E-state index in [1.807, 2.05) is 6.07 Å². The van der Waals surface area contributed by atoms with E-state index in [1.165, 1.54) is 24.5 Å². The molecular formula is C23H17ClN2O5S2. The first kappa shape index (κ1) is 22.9. The number of fused-ring (bicyclic) bond motifs is 1. The van der Waals surface area contributed by atoms with Gasteiger partial charge in [0.2, 0.25) is 0 Å². The largest absolute Gasteiger partial charge is 0.495 e. The maximum Gasteiger partial charge on any atom is 0.336 e. The van der Waals surface area contributed by atoms with Crippen molar-refractivity contribution in [3.63, 3.8) is 0 Å². The lowest BCUT2D eigenvalue weighted by atomic mass is 9.91. The van der Waals surface area contributed by atoms with Crippen LogP contribution in [0.2, 0.25) is 5.02 Å². The highest BCUT2D eigenvalue weighted by Gasteiger charge is 2.25. The third-order valence-corrected chi connectivity index (χ3v) is 6.83. The molecule has 0 saturated carbocycles. The summed E-state index contributed by atoms with van der Waals surface area (Å²) in [4.78, 5) is 26.9. The molecule has 0 saturated heterocycles. The van der Waals surface area contributed by atoms with Crippen molar-refractivity contribution in [1.29, 1.82) is 0 Å². The Hall–Kier alpha value is -3.27. The molecule has 2 aromatic heterocycles. The molecule has 4 rings (SSSR count). The van der Waals surface area contributed by atoms with Crippen molar-refractivity contribution < 1.29 is 24.2 Å². The van der Waals surface area contributed by atoms with Crippen molar-refractivity contribution in [2.24, 2.45) is 0 Å². The first-order valence-electron chi connectivity index (χ1n) is 9.61. The summed E-state index contributed by atoms with van der Waals surface area (Å²) >= 11 is 8.61. The molecule has 10 heteroatoms. The van der Waals surface area contributed by atoms with Crippen LogP contribution in [0.25, 0.3) is 16.6 Å². The van der Waals surface area contributed by atoms with Crippen molar-refractivity contribution in [1.82, 2.24) is 8.75 Å². The molecule has 168 valence electrons. The lowest BCUT2D eigenvalue weighted by Gasteiger charge is -2.13. The van der Waals surface area contributed by atoms with Gasteiger partial charge < -0.3 is 14.6 Å². The molecule has 0 bridgehead atoms. The lowest BCUT2D eigenvalue weighted by Crippen LogP contribution is -2.14. The number of aromatic nitrogens is 2. The van der Waals surface area contributed by atoms with Crippen molar-refractivity contribution in [2.45, 2.75) is 6.42 Å². The minimum Gasteiger partial charge on any atom is -0.495 e. The van der Waals surface area contributed by atoms with Crippen molar-refractivity contribution in [2.75, 3.05) is 14.2 Å². The van der Waals surface area contributed by atoms with Crippen LogP contribution in [-0.2, 0) is 11.2 Å². The van der Waals surface area contributed by atoms with Crippen molar-refractivity contribution >= 4 is 63.0 Å². The summed E-state index contributed by atoms with van der Waals surface area (Å²) in [5.41, 5.74) is 1.87. The second kappa shape index (κ2) is 9.70. The minimum atomic E-state index is -1.22. The Balaban J connectivity index is 1.89. The molecule has 0 unspecified atom stereocenters. The van der Waals surface area contributed by atoms with E-state index < -0.39 is 11.8 Å². The van der Waals surface area contributed by atoms with Gasteiger partial charge in [-0.05, 0) is 48.0 Å². The average Bonchev–Trinajstić information content (AvgIpc) is 3.46. The Kier molecular flexibility index (Phi) is 6.73. The number of halogens is 1. The molecule has 2 aromatic carbocycles. The van der Waals surface area contributed by atoms with Crippen LogP contribution >= 0.6 is 34.7 Å². The number of thiophene rings is 1. The van der Waals surface area contributed by atoms with E-state index in [0.717, 1.165) is 16.6 Å². The van der Waals surface area contributed by atoms with E-state index in [0.29, 0.717) is 27.4 Å². The van der Waals surface area contributed by atoms with E-state index in [-0.39, 0.29) is 28.2 Å². The summed E-state index contributed by atoms with van der Waals surface area (Å²) in [6.45, 7) is 0. The molecule has 0 radical (unpaired) electrons.